The number of nitrogen functional groups attached to an aromatic ring is 1. The number of benzene rings is 1. The van der Waals surface area contributed by atoms with Gasteiger partial charge in [0, 0.05) is 4.90 Å². The first-order chi connectivity index (χ1) is 8.97. The van der Waals surface area contributed by atoms with Gasteiger partial charge >= 0.3 is 5.69 Å². The van der Waals surface area contributed by atoms with E-state index in [2.05, 4.69) is 9.97 Å². The first-order valence-electron chi connectivity index (χ1n) is 4.87. The molecule has 1 aromatic heterocycles. The van der Waals surface area contributed by atoms with Crippen LogP contribution in [0.25, 0.3) is 0 Å². The fraction of sp³-hybridized carbons (Fsp3) is 0. The molecule has 0 saturated heterocycles. The van der Waals surface area contributed by atoms with Crippen LogP contribution >= 0.6 is 11.8 Å². The summed E-state index contributed by atoms with van der Waals surface area (Å²) in [5, 5.41) is 10.7. The highest BCUT2D eigenvalue weighted by molar-refractivity contribution is 7.99. The van der Waals surface area contributed by atoms with Crippen LogP contribution in [0.3, 0.4) is 0 Å². The average Bonchev–Trinajstić information content (AvgIpc) is 2.33. The molecular weight excluding hydrogens is 278 g/mol. The minimum Gasteiger partial charge on any atom is -0.368 e. The van der Waals surface area contributed by atoms with Gasteiger partial charge in [-0.1, -0.05) is 11.8 Å². The number of hydrogen-bond donors (Lipinski definition) is 1. The van der Waals surface area contributed by atoms with Gasteiger partial charge in [-0.05, 0) is 18.2 Å². The molecule has 1 aromatic carbocycles. The summed E-state index contributed by atoms with van der Waals surface area (Å²) >= 11 is 0.800. The van der Waals surface area contributed by atoms with Crippen LogP contribution in [0.5, 0.6) is 0 Å². The van der Waals surface area contributed by atoms with E-state index >= 15 is 0 Å². The van der Waals surface area contributed by atoms with E-state index in [9.17, 15) is 18.9 Å². The van der Waals surface area contributed by atoms with E-state index in [0.29, 0.717) is 0 Å². The average molecular weight is 284 g/mol. The Hall–Kier alpha value is -2.29. The van der Waals surface area contributed by atoms with Crippen LogP contribution < -0.4 is 5.73 Å². The molecule has 0 aliphatic rings. The van der Waals surface area contributed by atoms with Crippen molar-refractivity contribution in [3.8, 4) is 0 Å². The van der Waals surface area contributed by atoms with E-state index in [-0.39, 0.29) is 21.6 Å². The van der Waals surface area contributed by atoms with Crippen LogP contribution in [0, 0.1) is 21.7 Å². The molecule has 0 bridgehead atoms. The number of nitrogens with zero attached hydrogens (tertiary/aromatic N) is 3. The molecule has 98 valence electrons. The van der Waals surface area contributed by atoms with E-state index in [1.807, 2.05) is 0 Å². The van der Waals surface area contributed by atoms with Crippen LogP contribution in [0.2, 0.25) is 0 Å². The van der Waals surface area contributed by atoms with E-state index < -0.39 is 16.6 Å². The van der Waals surface area contributed by atoms with E-state index in [1.54, 1.807) is 0 Å². The normalized spacial score (nSPS) is 10.4. The van der Waals surface area contributed by atoms with Crippen molar-refractivity contribution in [1.29, 1.82) is 0 Å². The number of halogens is 2. The summed E-state index contributed by atoms with van der Waals surface area (Å²) in [4.78, 5) is 17.6. The van der Waals surface area contributed by atoms with Gasteiger partial charge in [0.15, 0.2) is 16.7 Å². The highest BCUT2D eigenvalue weighted by Crippen LogP contribution is 2.33. The first-order valence-corrected chi connectivity index (χ1v) is 5.69. The molecule has 19 heavy (non-hydrogen) atoms. The van der Waals surface area contributed by atoms with Gasteiger partial charge in [-0.3, -0.25) is 10.1 Å². The Kier molecular flexibility index (Phi) is 3.56. The molecule has 0 atom stereocenters. The molecule has 0 amide bonds. The molecule has 1 heterocycles. The van der Waals surface area contributed by atoms with Crippen molar-refractivity contribution >= 4 is 23.4 Å². The molecule has 0 fully saturated rings. The van der Waals surface area contributed by atoms with E-state index in [1.165, 1.54) is 6.07 Å². The largest absolute Gasteiger partial charge is 0.368 e. The molecule has 0 aliphatic heterocycles. The maximum absolute atomic E-state index is 13.0. The Bertz CT molecular complexity index is 653. The van der Waals surface area contributed by atoms with Crippen LogP contribution in [-0.2, 0) is 0 Å². The van der Waals surface area contributed by atoms with Crippen molar-refractivity contribution in [2.45, 2.75) is 9.92 Å². The van der Waals surface area contributed by atoms with Gasteiger partial charge in [-0.25, -0.2) is 13.8 Å². The van der Waals surface area contributed by atoms with Gasteiger partial charge in [0.05, 0.1) is 4.92 Å². The summed E-state index contributed by atoms with van der Waals surface area (Å²) in [6, 6.07) is 3.13. The second-order valence-corrected chi connectivity index (χ2v) is 4.42. The maximum atomic E-state index is 13.0. The lowest BCUT2D eigenvalue weighted by Gasteiger charge is -2.03. The summed E-state index contributed by atoms with van der Waals surface area (Å²) in [7, 11) is 0. The molecule has 0 saturated carbocycles. The lowest BCUT2D eigenvalue weighted by atomic mass is 10.3. The molecule has 2 N–H and O–H groups in total. The highest BCUT2D eigenvalue weighted by atomic mass is 32.2. The van der Waals surface area contributed by atoms with Crippen LogP contribution in [-0.4, -0.2) is 14.9 Å². The van der Waals surface area contributed by atoms with Crippen LogP contribution in [0.15, 0.2) is 34.3 Å². The van der Waals surface area contributed by atoms with Gasteiger partial charge in [-0.2, -0.15) is 4.98 Å². The number of nitrogens with two attached hydrogens (primary N) is 1. The predicted molar refractivity (Wildman–Crippen MR) is 63.6 cm³/mol. The third-order valence-electron chi connectivity index (χ3n) is 2.06. The fourth-order valence-corrected chi connectivity index (χ4v) is 2.12. The molecule has 0 radical (unpaired) electrons. The zero-order chi connectivity index (χ0) is 14.0. The van der Waals surface area contributed by atoms with Gasteiger partial charge in [-0.15, -0.1) is 0 Å². The standard InChI is InChI=1S/C10H6F2N4O2S/c11-6-2-1-5(3-7(6)12)19-9-8(16(17)18)4-14-10(13)15-9/h1-4H,(H2,13,14,15). The quantitative estimate of drug-likeness (QED) is 0.528. The summed E-state index contributed by atoms with van der Waals surface area (Å²) in [5.41, 5.74) is 4.99. The number of aromatic nitrogens is 2. The lowest BCUT2D eigenvalue weighted by Crippen LogP contribution is -2.00. The molecule has 9 heteroatoms. The summed E-state index contributed by atoms with van der Waals surface area (Å²) < 4.78 is 25.8. The van der Waals surface area contributed by atoms with E-state index in [0.717, 1.165) is 30.1 Å². The lowest BCUT2D eigenvalue weighted by molar-refractivity contribution is -0.388. The smallest absolute Gasteiger partial charge is 0.320 e. The van der Waals surface area contributed by atoms with E-state index in [4.69, 9.17) is 5.73 Å². The van der Waals surface area contributed by atoms with Crippen molar-refractivity contribution in [3.63, 3.8) is 0 Å². The molecule has 0 spiro atoms. The predicted octanol–water partition coefficient (Wildman–Crippen LogP) is 2.40. The second kappa shape index (κ2) is 5.14. The number of hydrogen-bond acceptors (Lipinski definition) is 6. The molecule has 0 aliphatic carbocycles. The van der Waals surface area contributed by atoms with Crippen molar-refractivity contribution in [1.82, 2.24) is 9.97 Å². The SMILES string of the molecule is Nc1ncc([N+](=O)[O-])c(Sc2ccc(F)c(F)c2)n1. The number of nitro groups is 1. The monoisotopic (exact) mass is 284 g/mol. The Balaban J connectivity index is 2.39. The molecule has 6 nitrogen and oxygen atoms in total. The first kappa shape index (κ1) is 13.1. The van der Waals surface area contributed by atoms with Crippen LogP contribution in [0.1, 0.15) is 0 Å². The number of anilines is 1. The zero-order valence-electron chi connectivity index (χ0n) is 9.21. The Morgan fingerprint density at radius 3 is 2.68 bits per heavy atom. The van der Waals surface area contributed by atoms with Crippen molar-refractivity contribution in [2.75, 3.05) is 5.73 Å². The molecular formula is C10H6F2N4O2S. The minimum atomic E-state index is -1.05. The molecule has 2 aromatic rings. The van der Waals surface area contributed by atoms with Gasteiger partial charge < -0.3 is 5.73 Å². The Morgan fingerprint density at radius 2 is 2.05 bits per heavy atom. The molecule has 0 unspecified atom stereocenters. The Labute approximate surface area is 109 Å². The van der Waals surface area contributed by atoms with Gasteiger partial charge in [0.2, 0.25) is 5.95 Å². The third-order valence-corrected chi connectivity index (χ3v) is 3.04. The zero-order valence-corrected chi connectivity index (χ0v) is 10.0. The highest BCUT2D eigenvalue weighted by Gasteiger charge is 2.18. The van der Waals surface area contributed by atoms with Crippen LogP contribution in [0.4, 0.5) is 20.4 Å². The third kappa shape index (κ3) is 2.94. The maximum Gasteiger partial charge on any atom is 0.320 e. The molecule has 2 rings (SSSR count). The summed E-state index contributed by atoms with van der Waals surface area (Å²) in [6.45, 7) is 0. The summed E-state index contributed by atoms with van der Waals surface area (Å²) in [6.07, 6.45) is 0.963. The van der Waals surface area contributed by atoms with Crippen molar-refractivity contribution in [2.24, 2.45) is 0 Å². The van der Waals surface area contributed by atoms with Gasteiger partial charge in [0.1, 0.15) is 6.20 Å². The van der Waals surface area contributed by atoms with Crippen molar-refractivity contribution in [3.05, 3.63) is 46.1 Å². The Morgan fingerprint density at radius 1 is 1.32 bits per heavy atom. The second-order valence-electron chi connectivity index (χ2n) is 3.35. The number of rotatable bonds is 3. The van der Waals surface area contributed by atoms with Crippen molar-refractivity contribution < 1.29 is 13.7 Å². The topological polar surface area (TPSA) is 94.9 Å². The minimum absolute atomic E-state index is 0.0384. The fourth-order valence-electron chi connectivity index (χ4n) is 1.22. The summed E-state index contributed by atoms with van der Waals surface area (Å²) in [5.74, 6) is -2.19. The van der Waals surface area contributed by atoms with Gasteiger partial charge in [0.25, 0.3) is 0 Å².